The highest BCUT2D eigenvalue weighted by molar-refractivity contribution is 6.42. The third-order valence-corrected chi connectivity index (χ3v) is 5.22. The molecular weight excluding hydrogens is 297 g/mol. The Balaban J connectivity index is 1.66. The summed E-state index contributed by atoms with van der Waals surface area (Å²) in [5, 5.41) is 0.824. The third kappa shape index (κ3) is 2.67. The second-order valence-electron chi connectivity index (χ2n) is 5.68. The molecule has 0 N–H and O–H groups in total. The topological polar surface area (TPSA) is 29.5 Å². The number of nitrogens with zero attached hydrogens (tertiary/aromatic N) is 1. The first-order valence-corrected chi connectivity index (χ1v) is 7.68. The van der Waals surface area contributed by atoms with Gasteiger partial charge in [-0.3, -0.25) is 0 Å². The predicted octanol–water partition coefficient (Wildman–Crippen LogP) is 3.78. The zero-order valence-electron chi connectivity index (χ0n) is 11.3. The Labute approximate surface area is 128 Å². The van der Waals surface area contributed by atoms with Crippen molar-refractivity contribution in [3.8, 4) is 0 Å². The largest absolute Gasteiger partial charge is 0.459 e. The molecule has 2 heterocycles. The third-order valence-electron chi connectivity index (χ3n) is 4.48. The monoisotopic (exact) mass is 313 g/mol. The maximum Gasteiger partial charge on any atom is 0.338 e. The Morgan fingerprint density at radius 3 is 2.45 bits per heavy atom. The molecule has 0 amide bonds. The van der Waals surface area contributed by atoms with E-state index < -0.39 is 0 Å². The molecule has 2 aliphatic rings. The molecule has 20 heavy (non-hydrogen) atoms. The minimum atomic E-state index is -0.308. The summed E-state index contributed by atoms with van der Waals surface area (Å²) in [5.41, 5.74) is 0.464. The molecule has 108 valence electrons. The first-order chi connectivity index (χ1) is 9.54. The molecular formula is C15H17Cl2NO2. The lowest BCUT2D eigenvalue weighted by Crippen LogP contribution is -2.43. The SMILES string of the molecule is CN1C2CCC1CC(OC(=O)c1ccc(Cl)c(Cl)c1)C2. The van der Waals surface area contributed by atoms with Crippen LogP contribution in [0.15, 0.2) is 18.2 Å². The zero-order chi connectivity index (χ0) is 14.3. The van der Waals surface area contributed by atoms with Gasteiger partial charge in [0.25, 0.3) is 0 Å². The van der Waals surface area contributed by atoms with Gasteiger partial charge in [-0.1, -0.05) is 23.2 Å². The van der Waals surface area contributed by atoms with E-state index in [1.807, 2.05) is 0 Å². The minimum Gasteiger partial charge on any atom is -0.459 e. The van der Waals surface area contributed by atoms with Crippen molar-refractivity contribution >= 4 is 29.2 Å². The van der Waals surface area contributed by atoms with Crippen LogP contribution in [-0.4, -0.2) is 36.1 Å². The molecule has 0 saturated carbocycles. The highest BCUT2D eigenvalue weighted by Gasteiger charge is 2.39. The number of carbonyl (C=O) groups excluding carboxylic acids is 1. The minimum absolute atomic E-state index is 0.0191. The van der Waals surface area contributed by atoms with E-state index in [-0.39, 0.29) is 12.1 Å². The van der Waals surface area contributed by atoms with Crippen molar-refractivity contribution < 1.29 is 9.53 Å². The van der Waals surface area contributed by atoms with Crippen LogP contribution in [0.2, 0.25) is 10.0 Å². The fourth-order valence-electron chi connectivity index (χ4n) is 3.30. The van der Waals surface area contributed by atoms with Crippen molar-refractivity contribution in [2.24, 2.45) is 0 Å². The highest BCUT2D eigenvalue weighted by atomic mass is 35.5. The molecule has 2 bridgehead atoms. The average molecular weight is 314 g/mol. The molecule has 2 atom stereocenters. The lowest BCUT2D eigenvalue weighted by atomic mass is 10.0. The maximum absolute atomic E-state index is 12.2. The van der Waals surface area contributed by atoms with E-state index >= 15 is 0 Å². The van der Waals surface area contributed by atoms with E-state index in [2.05, 4.69) is 11.9 Å². The van der Waals surface area contributed by atoms with Gasteiger partial charge in [-0.15, -0.1) is 0 Å². The van der Waals surface area contributed by atoms with Gasteiger partial charge in [0.2, 0.25) is 0 Å². The number of rotatable bonds is 2. The second-order valence-corrected chi connectivity index (χ2v) is 6.49. The van der Waals surface area contributed by atoms with Crippen molar-refractivity contribution in [2.45, 2.75) is 43.9 Å². The molecule has 3 rings (SSSR count). The van der Waals surface area contributed by atoms with Gasteiger partial charge in [0.05, 0.1) is 15.6 Å². The summed E-state index contributed by atoms with van der Waals surface area (Å²) < 4.78 is 5.63. The van der Waals surface area contributed by atoms with Crippen molar-refractivity contribution in [2.75, 3.05) is 7.05 Å². The lowest BCUT2D eigenvalue weighted by molar-refractivity contribution is -0.000447. The number of fused-ring (bicyclic) bond motifs is 2. The number of esters is 1. The number of benzene rings is 1. The van der Waals surface area contributed by atoms with Crippen LogP contribution < -0.4 is 0 Å². The van der Waals surface area contributed by atoms with E-state index in [1.165, 1.54) is 12.8 Å². The molecule has 2 saturated heterocycles. The fraction of sp³-hybridized carbons (Fsp3) is 0.533. The Bertz CT molecular complexity index is 521. The number of halogens is 2. The van der Waals surface area contributed by atoms with Gasteiger partial charge < -0.3 is 9.64 Å². The van der Waals surface area contributed by atoms with Crippen LogP contribution >= 0.6 is 23.2 Å². The van der Waals surface area contributed by atoms with Gasteiger partial charge in [-0.25, -0.2) is 4.79 Å². The maximum atomic E-state index is 12.2. The summed E-state index contributed by atoms with van der Waals surface area (Å²) in [5.74, 6) is -0.308. The number of hydrogen-bond donors (Lipinski definition) is 0. The van der Waals surface area contributed by atoms with Crippen LogP contribution in [0.25, 0.3) is 0 Å². The van der Waals surface area contributed by atoms with Gasteiger partial charge >= 0.3 is 5.97 Å². The van der Waals surface area contributed by atoms with Gasteiger partial charge in [0, 0.05) is 24.9 Å². The zero-order valence-corrected chi connectivity index (χ0v) is 12.8. The smallest absolute Gasteiger partial charge is 0.338 e. The quantitative estimate of drug-likeness (QED) is 0.778. The fourth-order valence-corrected chi connectivity index (χ4v) is 3.60. The van der Waals surface area contributed by atoms with Crippen molar-refractivity contribution in [1.82, 2.24) is 4.90 Å². The second kappa shape index (κ2) is 5.55. The Morgan fingerprint density at radius 1 is 1.20 bits per heavy atom. The molecule has 0 spiro atoms. The molecule has 2 fully saturated rings. The lowest BCUT2D eigenvalue weighted by Gasteiger charge is -2.35. The molecule has 2 unspecified atom stereocenters. The Hall–Kier alpha value is -0.770. The van der Waals surface area contributed by atoms with Gasteiger partial charge in [0.15, 0.2) is 0 Å². The summed E-state index contributed by atoms with van der Waals surface area (Å²) in [6.45, 7) is 0. The number of hydrogen-bond acceptors (Lipinski definition) is 3. The molecule has 3 nitrogen and oxygen atoms in total. The predicted molar refractivity (Wildman–Crippen MR) is 79.5 cm³/mol. The average Bonchev–Trinajstić information content (AvgIpc) is 2.64. The van der Waals surface area contributed by atoms with E-state index in [4.69, 9.17) is 27.9 Å². The van der Waals surface area contributed by atoms with Crippen LogP contribution in [0.3, 0.4) is 0 Å². The van der Waals surface area contributed by atoms with Crippen LogP contribution in [0.4, 0.5) is 0 Å². The van der Waals surface area contributed by atoms with E-state index in [0.29, 0.717) is 27.7 Å². The Kier molecular flexibility index (Phi) is 3.93. The molecule has 5 heteroatoms. The number of piperidine rings is 1. The van der Waals surface area contributed by atoms with E-state index in [0.717, 1.165) is 12.8 Å². The van der Waals surface area contributed by atoms with Crippen molar-refractivity contribution in [3.05, 3.63) is 33.8 Å². The van der Waals surface area contributed by atoms with Gasteiger partial charge in [-0.05, 0) is 38.1 Å². The number of carbonyl (C=O) groups is 1. The first-order valence-electron chi connectivity index (χ1n) is 6.92. The van der Waals surface area contributed by atoms with Crippen LogP contribution in [0, 0.1) is 0 Å². The summed E-state index contributed by atoms with van der Waals surface area (Å²) in [7, 11) is 2.17. The molecule has 1 aromatic rings. The van der Waals surface area contributed by atoms with E-state index in [1.54, 1.807) is 18.2 Å². The summed E-state index contributed by atoms with van der Waals surface area (Å²) in [6.07, 6.45) is 4.30. The normalized spacial score (nSPS) is 29.4. The van der Waals surface area contributed by atoms with Crippen molar-refractivity contribution in [3.63, 3.8) is 0 Å². The molecule has 1 aromatic carbocycles. The molecule has 0 aromatic heterocycles. The summed E-state index contributed by atoms with van der Waals surface area (Å²) in [6, 6.07) is 5.95. The van der Waals surface area contributed by atoms with E-state index in [9.17, 15) is 4.79 Å². The summed E-state index contributed by atoms with van der Waals surface area (Å²) in [4.78, 5) is 14.6. The van der Waals surface area contributed by atoms with Gasteiger partial charge in [0.1, 0.15) is 6.10 Å². The molecule has 2 aliphatic heterocycles. The van der Waals surface area contributed by atoms with Gasteiger partial charge in [-0.2, -0.15) is 0 Å². The first kappa shape index (κ1) is 14.2. The molecule has 0 radical (unpaired) electrons. The Morgan fingerprint density at radius 2 is 1.85 bits per heavy atom. The van der Waals surface area contributed by atoms with Crippen LogP contribution in [0.5, 0.6) is 0 Å². The van der Waals surface area contributed by atoms with Crippen LogP contribution in [0.1, 0.15) is 36.0 Å². The number of ether oxygens (including phenoxy) is 1. The standard InChI is InChI=1S/C15H17Cl2NO2/c1-18-10-3-4-11(18)8-12(7-10)20-15(19)9-2-5-13(16)14(17)6-9/h2,5-6,10-12H,3-4,7-8H2,1H3. The summed E-state index contributed by atoms with van der Waals surface area (Å²) >= 11 is 11.8. The van der Waals surface area contributed by atoms with Crippen molar-refractivity contribution in [1.29, 1.82) is 0 Å². The van der Waals surface area contributed by atoms with Crippen LogP contribution in [-0.2, 0) is 4.74 Å². The highest BCUT2D eigenvalue weighted by Crippen LogP contribution is 2.35. The molecule has 0 aliphatic carbocycles.